The van der Waals surface area contributed by atoms with Gasteiger partial charge in [-0.3, -0.25) is 0 Å². The summed E-state index contributed by atoms with van der Waals surface area (Å²) >= 11 is 0. The molecule has 0 aromatic heterocycles. The molecule has 0 aromatic carbocycles. The van der Waals surface area contributed by atoms with Crippen LogP contribution in [0.3, 0.4) is 0 Å². The van der Waals surface area contributed by atoms with Gasteiger partial charge in [-0.15, -0.1) is 6.58 Å². The van der Waals surface area contributed by atoms with Crippen LogP contribution in [0.5, 0.6) is 0 Å². The van der Waals surface area contributed by atoms with E-state index in [0.29, 0.717) is 0 Å². The lowest BCUT2D eigenvalue weighted by Crippen LogP contribution is -2.16. The van der Waals surface area contributed by atoms with Crippen LogP contribution in [0, 0.1) is 11.8 Å². The minimum Gasteiger partial charge on any atom is -0.412 e. The first-order valence-corrected chi connectivity index (χ1v) is 4.84. The van der Waals surface area contributed by atoms with Gasteiger partial charge in [0.15, 0.2) is 0 Å². The third-order valence-electron chi connectivity index (χ3n) is 2.90. The van der Waals surface area contributed by atoms with Gasteiger partial charge < -0.3 is 5.48 Å². The molecule has 1 saturated carbocycles. The van der Waals surface area contributed by atoms with Crippen molar-refractivity contribution in [2.45, 2.75) is 46.0 Å². The first kappa shape index (κ1) is 11.7. The van der Waals surface area contributed by atoms with Crippen molar-refractivity contribution in [3.05, 3.63) is 12.2 Å². The van der Waals surface area contributed by atoms with Crippen molar-refractivity contribution in [1.29, 1.82) is 0 Å². The second kappa shape index (κ2) is 5.36. The molecule has 0 aromatic rings. The molecule has 1 fully saturated rings. The summed E-state index contributed by atoms with van der Waals surface area (Å²) in [6.07, 6.45) is 7.04. The summed E-state index contributed by atoms with van der Waals surface area (Å²) in [5, 5.41) is 0. The van der Waals surface area contributed by atoms with Gasteiger partial charge in [-0.25, -0.2) is 0 Å². The van der Waals surface area contributed by atoms with Crippen LogP contribution in [0.25, 0.3) is 0 Å². The Bertz CT molecular complexity index is 140. The van der Waals surface area contributed by atoms with E-state index < -0.39 is 0 Å². The Hall–Kier alpha value is -0.300. The van der Waals surface area contributed by atoms with Crippen LogP contribution in [0.2, 0.25) is 0 Å². The molecule has 2 atom stereocenters. The Balaban J connectivity index is 0.00000121. The highest BCUT2D eigenvalue weighted by molar-refractivity contribution is 4.92. The molecule has 0 amide bonds. The topological polar surface area (TPSA) is 31.5 Å². The Morgan fingerprint density at radius 1 is 1.33 bits per heavy atom. The highest BCUT2D eigenvalue weighted by Crippen LogP contribution is 2.33. The zero-order valence-corrected chi connectivity index (χ0v) is 8.40. The number of rotatable bonds is 2. The molecule has 0 saturated heterocycles. The Kier molecular flexibility index (Phi) is 5.23. The van der Waals surface area contributed by atoms with E-state index in [2.05, 4.69) is 20.4 Å². The van der Waals surface area contributed by atoms with E-state index in [1.165, 1.54) is 37.7 Å². The predicted octanol–water partition coefficient (Wildman–Crippen LogP) is 2.95. The fourth-order valence-electron chi connectivity index (χ4n) is 2.14. The van der Waals surface area contributed by atoms with Gasteiger partial charge in [0.05, 0.1) is 0 Å². The van der Waals surface area contributed by atoms with Crippen molar-refractivity contribution in [3.63, 3.8) is 0 Å². The zero-order valence-electron chi connectivity index (χ0n) is 8.40. The van der Waals surface area contributed by atoms with E-state index in [0.717, 1.165) is 11.8 Å². The lowest BCUT2D eigenvalue weighted by Gasteiger charge is -2.28. The first-order valence-electron chi connectivity index (χ1n) is 4.84. The number of hydrogen-bond donors (Lipinski definition) is 0. The van der Waals surface area contributed by atoms with E-state index in [1.54, 1.807) is 0 Å². The summed E-state index contributed by atoms with van der Waals surface area (Å²) in [7, 11) is 0. The smallest absolute Gasteiger partial charge is 0.0295 e. The van der Waals surface area contributed by atoms with Crippen LogP contribution >= 0.6 is 0 Å². The summed E-state index contributed by atoms with van der Waals surface area (Å²) in [4.78, 5) is 0. The quantitative estimate of drug-likeness (QED) is 0.571. The molecule has 72 valence electrons. The summed E-state index contributed by atoms with van der Waals surface area (Å²) in [6.45, 7) is 8.53. The molecule has 1 aliphatic rings. The minimum atomic E-state index is 0. The maximum Gasteiger partial charge on any atom is -0.0295 e. The molecule has 1 rings (SSSR count). The van der Waals surface area contributed by atoms with E-state index >= 15 is 0 Å². The van der Waals surface area contributed by atoms with Gasteiger partial charge in [0.1, 0.15) is 0 Å². The number of hydrogen-bond acceptors (Lipinski definition) is 0. The largest absolute Gasteiger partial charge is 0.412 e. The molecule has 0 aliphatic heterocycles. The Morgan fingerprint density at radius 3 is 2.42 bits per heavy atom. The van der Waals surface area contributed by atoms with Crippen molar-refractivity contribution in [1.82, 2.24) is 0 Å². The average Bonchev–Trinajstić information content (AvgIpc) is 1.93. The van der Waals surface area contributed by atoms with Gasteiger partial charge in [-0.1, -0.05) is 31.8 Å². The molecule has 2 unspecified atom stereocenters. The van der Waals surface area contributed by atoms with Crippen molar-refractivity contribution in [2.75, 3.05) is 0 Å². The standard InChI is InChI=1S/C11H20.H2O/c1-9(2)8-11-7-5-4-6-10(11)3;/h10-11H,1,4-8H2,2-3H3;1H2. The molecule has 12 heavy (non-hydrogen) atoms. The lowest BCUT2D eigenvalue weighted by atomic mass is 9.77. The molecule has 0 radical (unpaired) electrons. The molecule has 1 aliphatic carbocycles. The maximum absolute atomic E-state index is 3.98. The van der Waals surface area contributed by atoms with Gasteiger partial charge in [0.2, 0.25) is 0 Å². The number of allylic oxidation sites excluding steroid dienone is 1. The third-order valence-corrected chi connectivity index (χ3v) is 2.90. The van der Waals surface area contributed by atoms with Crippen LogP contribution < -0.4 is 0 Å². The van der Waals surface area contributed by atoms with Crippen molar-refractivity contribution >= 4 is 0 Å². The van der Waals surface area contributed by atoms with Crippen LogP contribution in [0.4, 0.5) is 0 Å². The van der Waals surface area contributed by atoms with Gasteiger partial charge in [0, 0.05) is 0 Å². The van der Waals surface area contributed by atoms with Gasteiger partial charge in [-0.05, 0) is 31.6 Å². The molecular formula is C11H22O. The van der Waals surface area contributed by atoms with E-state index in [4.69, 9.17) is 0 Å². The second-order valence-electron chi connectivity index (χ2n) is 4.18. The summed E-state index contributed by atoms with van der Waals surface area (Å²) in [5.74, 6) is 1.89. The summed E-state index contributed by atoms with van der Waals surface area (Å²) < 4.78 is 0. The van der Waals surface area contributed by atoms with Crippen LogP contribution in [0.1, 0.15) is 46.0 Å². The second-order valence-corrected chi connectivity index (χ2v) is 4.18. The van der Waals surface area contributed by atoms with Crippen LogP contribution in [-0.4, -0.2) is 5.48 Å². The van der Waals surface area contributed by atoms with Crippen molar-refractivity contribution in [2.24, 2.45) is 11.8 Å². The maximum atomic E-state index is 3.98. The average molecular weight is 170 g/mol. The molecule has 0 spiro atoms. The highest BCUT2D eigenvalue weighted by atomic mass is 16.0. The molecule has 1 heteroatoms. The molecule has 1 nitrogen and oxygen atoms in total. The van der Waals surface area contributed by atoms with E-state index in [1.807, 2.05) is 0 Å². The first-order chi connectivity index (χ1) is 5.20. The van der Waals surface area contributed by atoms with E-state index in [-0.39, 0.29) is 5.48 Å². The molecule has 0 heterocycles. The molecule has 2 N–H and O–H groups in total. The highest BCUT2D eigenvalue weighted by Gasteiger charge is 2.20. The SMILES string of the molecule is C=C(C)CC1CCCCC1C.O. The normalized spacial score (nSPS) is 29.2. The predicted molar refractivity (Wildman–Crippen MR) is 54.2 cm³/mol. The minimum absolute atomic E-state index is 0. The van der Waals surface area contributed by atoms with Crippen LogP contribution in [0.15, 0.2) is 12.2 Å². The fraction of sp³-hybridized carbons (Fsp3) is 0.818. The summed E-state index contributed by atoms with van der Waals surface area (Å²) in [5.41, 5.74) is 1.36. The Labute approximate surface area is 76.2 Å². The molecular weight excluding hydrogens is 148 g/mol. The lowest BCUT2D eigenvalue weighted by molar-refractivity contribution is 0.254. The fourth-order valence-corrected chi connectivity index (χ4v) is 2.14. The Morgan fingerprint density at radius 2 is 1.92 bits per heavy atom. The van der Waals surface area contributed by atoms with Gasteiger partial charge >= 0.3 is 0 Å². The van der Waals surface area contributed by atoms with Gasteiger partial charge in [0.25, 0.3) is 0 Å². The van der Waals surface area contributed by atoms with Gasteiger partial charge in [-0.2, -0.15) is 0 Å². The zero-order chi connectivity index (χ0) is 8.27. The summed E-state index contributed by atoms with van der Waals surface area (Å²) in [6, 6.07) is 0. The molecule has 0 bridgehead atoms. The monoisotopic (exact) mass is 170 g/mol. The van der Waals surface area contributed by atoms with Crippen molar-refractivity contribution in [3.8, 4) is 0 Å². The van der Waals surface area contributed by atoms with Crippen molar-refractivity contribution < 1.29 is 5.48 Å². The van der Waals surface area contributed by atoms with Crippen LogP contribution in [-0.2, 0) is 0 Å². The third kappa shape index (κ3) is 3.40. The van der Waals surface area contributed by atoms with E-state index in [9.17, 15) is 0 Å².